The summed E-state index contributed by atoms with van der Waals surface area (Å²) in [5.41, 5.74) is 0.511. The molecular formula is C24H22Cl4N6O4. The van der Waals surface area contributed by atoms with E-state index in [0.29, 0.717) is 5.57 Å². The van der Waals surface area contributed by atoms with Crippen molar-refractivity contribution in [1.29, 1.82) is 0 Å². The summed E-state index contributed by atoms with van der Waals surface area (Å²) in [6, 6.07) is 8.92. The van der Waals surface area contributed by atoms with E-state index in [1.54, 1.807) is 0 Å². The number of allylic oxidation sites excluding steroid dienone is 1. The van der Waals surface area contributed by atoms with Crippen LogP contribution < -0.4 is 21.3 Å². The highest BCUT2D eigenvalue weighted by Gasteiger charge is 2.35. The summed E-state index contributed by atoms with van der Waals surface area (Å²) in [6.07, 6.45) is 0. The lowest BCUT2D eigenvalue weighted by atomic mass is 9.94. The Labute approximate surface area is 238 Å². The molecule has 0 aromatic carbocycles. The van der Waals surface area contributed by atoms with Gasteiger partial charge in [0.15, 0.2) is 0 Å². The van der Waals surface area contributed by atoms with Crippen LogP contribution in [0.4, 0.5) is 0 Å². The van der Waals surface area contributed by atoms with E-state index in [1.807, 2.05) is 0 Å². The number of carbonyl (C=O) groups is 4. The molecule has 2 heterocycles. The van der Waals surface area contributed by atoms with Gasteiger partial charge >= 0.3 is 0 Å². The minimum atomic E-state index is -0.862. The van der Waals surface area contributed by atoms with Gasteiger partial charge in [0.25, 0.3) is 23.6 Å². The lowest BCUT2D eigenvalue weighted by Crippen LogP contribution is -2.37. The Balaban J connectivity index is 1.68. The molecule has 4 N–H and O–H groups in total. The standard InChI is InChI=1S/C24H22Cl4N6O4/c1-29-21(35)13-5-3-7-15(33-13)23(37)31-9-11-17(25)19(27)12(20(28)18(11)26)10-32-24(38)16-8-4-6-14(34-16)22(36)30-2/h3-8,11,17H,9-10H2,1-2H3,(H,29,35)(H,30,36)(H,31,37)(H,32,38)/t11?,17-/m0/s1. The van der Waals surface area contributed by atoms with E-state index < -0.39 is 34.9 Å². The van der Waals surface area contributed by atoms with Crippen molar-refractivity contribution in [1.82, 2.24) is 31.2 Å². The van der Waals surface area contributed by atoms with Crippen LogP contribution in [0, 0.1) is 5.92 Å². The molecule has 14 heteroatoms. The molecule has 0 saturated carbocycles. The van der Waals surface area contributed by atoms with Crippen LogP contribution in [-0.2, 0) is 0 Å². The van der Waals surface area contributed by atoms with Crippen LogP contribution in [0.25, 0.3) is 0 Å². The van der Waals surface area contributed by atoms with Crippen LogP contribution in [0.3, 0.4) is 0 Å². The summed E-state index contributed by atoms with van der Waals surface area (Å²) in [5, 5.41) is 9.70. The number of carbonyl (C=O) groups excluding carboxylic acids is 4. The minimum absolute atomic E-state index is 0.0157. The maximum Gasteiger partial charge on any atom is 0.270 e. The van der Waals surface area contributed by atoms with Crippen LogP contribution in [0.1, 0.15) is 42.0 Å². The Hall–Kier alpha value is -3.18. The predicted molar refractivity (Wildman–Crippen MR) is 145 cm³/mol. The first-order valence-corrected chi connectivity index (χ1v) is 12.7. The van der Waals surface area contributed by atoms with Crippen molar-refractivity contribution in [2.45, 2.75) is 5.38 Å². The molecule has 2 aromatic rings. The van der Waals surface area contributed by atoms with Crippen LogP contribution >= 0.6 is 46.4 Å². The Morgan fingerprint density at radius 3 is 1.66 bits per heavy atom. The van der Waals surface area contributed by atoms with Crippen molar-refractivity contribution in [2.24, 2.45) is 5.92 Å². The van der Waals surface area contributed by atoms with Crippen LogP contribution in [0.15, 0.2) is 57.1 Å². The number of amides is 4. The van der Waals surface area contributed by atoms with E-state index in [0.717, 1.165) is 0 Å². The van der Waals surface area contributed by atoms with E-state index in [-0.39, 0.29) is 51.0 Å². The summed E-state index contributed by atoms with van der Waals surface area (Å²) < 4.78 is 0. The summed E-state index contributed by atoms with van der Waals surface area (Å²) in [4.78, 5) is 56.9. The Morgan fingerprint density at radius 1 is 0.737 bits per heavy atom. The fourth-order valence-corrected chi connectivity index (χ4v) is 4.82. The number of hydrogen-bond donors (Lipinski definition) is 4. The molecule has 10 nitrogen and oxygen atoms in total. The highest BCUT2D eigenvalue weighted by molar-refractivity contribution is 6.45. The third-order valence-corrected chi connectivity index (χ3v) is 7.57. The molecule has 0 aliphatic heterocycles. The smallest absolute Gasteiger partial charge is 0.270 e. The number of alkyl halides is 1. The Morgan fingerprint density at radius 2 is 1.18 bits per heavy atom. The predicted octanol–water partition coefficient (Wildman–Crippen LogP) is 2.77. The SMILES string of the molecule is CNC(=O)c1cccc(C(=O)NCC2=C(Cl)[C@@H](Cl)C(CNC(=O)c3cccc(C(=O)NC)n3)C(Cl)=C2Cl)n1. The van der Waals surface area contributed by atoms with E-state index in [4.69, 9.17) is 46.4 Å². The second-order valence-corrected chi connectivity index (χ2v) is 9.53. The van der Waals surface area contributed by atoms with Gasteiger partial charge in [-0.05, 0) is 24.3 Å². The monoisotopic (exact) mass is 598 g/mol. The van der Waals surface area contributed by atoms with Gasteiger partial charge in [0.05, 0.1) is 10.4 Å². The van der Waals surface area contributed by atoms with Crippen LogP contribution in [0.2, 0.25) is 0 Å². The summed E-state index contributed by atoms with van der Waals surface area (Å²) in [7, 11) is 2.91. The van der Waals surface area contributed by atoms with Crippen molar-refractivity contribution >= 4 is 70.0 Å². The summed E-state index contributed by atoms with van der Waals surface area (Å²) in [6.45, 7) is -0.142. The zero-order valence-corrected chi connectivity index (χ0v) is 23.1. The number of nitrogens with zero attached hydrogens (tertiary/aromatic N) is 2. The van der Waals surface area contributed by atoms with Crippen molar-refractivity contribution in [3.63, 3.8) is 0 Å². The molecule has 200 valence electrons. The lowest BCUT2D eigenvalue weighted by Gasteiger charge is -2.29. The number of aromatic nitrogens is 2. The number of nitrogens with one attached hydrogen (secondary N) is 4. The number of rotatable bonds is 8. The van der Waals surface area contributed by atoms with Gasteiger partial charge in [0.2, 0.25) is 0 Å². The van der Waals surface area contributed by atoms with Crippen LogP contribution in [0.5, 0.6) is 0 Å². The summed E-state index contributed by atoms with van der Waals surface area (Å²) >= 11 is 26.0. The fraction of sp³-hybridized carbons (Fsp3) is 0.250. The maximum absolute atomic E-state index is 12.6. The average Bonchev–Trinajstić information content (AvgIpc) is 2.94. The summed E-state index contributed by atoms with van der Waals surface area (Å²) in [5.74, 6) is -2.66. The zero-order chi connectivity index (χ0) is 28.0. The Bertz CT molecular complexity index is 1350. The van der Waals surface area contributed by atoms with Gasteiger partial charge < -0.3 is 21.3 Å². The molecular weight excluding hydrogens is 578 g/mol. The van der Waals surface area contributed by atoms with Gasteiger partial charge in [-0.3, -0.25) is 19.2 Å². The van der Waals surface area contributed by atoms with E-state index in [1.165, 1.54) is 50.5 Å². The van der Waals surface area contributed by atoms with Crippen LogP contribution in [-0.4, -0.2) is 66.2 Å². The van der Waals surface area contributed by atoms with Gasteiger partial charge in [0, 0.05) is 48.7 Å². The van der Waals surface area contributed by atoms with Gasteiger partial charge in [-0.2, -0.15) is 0 Å². The third-order valence-electron chi connectivity index (χ3n) is 5.47. The first-order valence-electron chi connectivity index (χ1n) is 11.1. The second kappa shape index (κ2) is 13.1. The molecule has 1 unspecified atom stereocenters. The van der Waals surface area contributed by atoms with Crippen molar-refractivity contribution in [3.05, 3.63) is 79.8 Å². The number of halogens is 4. The molecule has 1 aliphatic carbocycles. The molecule has 2 atom stereocenters. The normalized spacial score (nSPS) is 17.1. The van der Waals surface area contributed by atoms with E-state index >= 15 is 0 Å². The van der Waals surface area contributed by atoms with Gasteiger partial charge in [-0.1, -0.05) is 46.9 Å². The second-order valence-electron chi connectivity index (χ2n) is 7.86. The molecule has 38 heavy (non-hydrogen) atoms. The van der Waals surface area contributed by atoms with E-state index in [2.05, 4.69) is 31.2 Å². The molecule has 0 radical (unpaired) electrons. The molecule has 0 bridgehead atoms. The zero-order valence-electron chi connectivity index (χ0n) is 20.1. The molecule has 1 aliphatic rings. The van der Waals surface area contributed by atoms with Crippen molar-refractivity contribution < 1.29 is 19.2 Å². The first kappa shape index (κ1) is 29.4. The number of pyridine rings is 2. The largest absolute Gasteiger partial charge is 0.354 e. The van der Waals surface area contributed by atoms with Gasteiger partial charge in [0.1, 0.15) is 22.8 Å². The molecule has 2 aromatic heterocycles. The van der Waals surface area contributed by atoms with Gasteiger partial charge in [-0.25, -0.2) is 9.97 Å². The van der Waals surface area contributed by atoms with E-state index in [9.17, 15) is 19.2 Å². The third kappa shape index (κ3) is 6.63. The van der Waals surface area contributed by atoms with Crippen molar-refractivity contribution in [2.75, 3.05) is 27.2 Å². The van der Waals surface area contributed by atoms with Crippen molar-refractivity contribution in [3.8, 4) is 0 Å². The highest BCUT2D eigenvalue weighted by atomic mass is 35.5. The minimum Gasteiger partial charge on any atom is -0.354 e. The molecule has 3 rings (SSSR count). The lowest BCUT2D eigenvalue weighted by molar-refractivity contribution is 0.0931. The highest BCUT2D eigenvalue weighted by Crippen LogP contribution is 2.42. The van der Waals surface area contributed by atoms with Gasteiger partial charge in [-0.15, -0.1) is 11.6 Å². The average molecular weight is 600 g/mol. The first-order chi connectivity index (χ1) is 18.1. The topological polar surface area (TPSA) is 142 Å². The molecule has 0 spiro atoms. The molecule has 0 saturated heterocycles. The maximum atomic E-state index is 12.6. The molecule has 0 fully saturated rings. The quantitative estimate of drug-likeness (QED) is 0.344. The fourth-order valence-electron chi connectivity index (χ4n) is 3.42. The number of hydrogen-bond acceptors (Lipinski definition) is 6. The molecule has 4 amide bonds. The Kier molecular flexibility index (Phi) is 10.1.